The van der Waals surface area contributed by atoms with Gasteiger partial charge in [-0.05, 0) is 42.0 Å². The number of halogens is 1. The van der Waals surface area contributed by atoms with Gasteiger partial charge in [0, 0.05) is 30.7 Å². The van der Waals surface area contributed by atoms with E-state index in [4.69, 9.17) is 0 Å². The van der Waals surface area contributed by atoms with Crippen molar-refractivity contribution in [2.24, 2.45) is 7.05 Å². The van der Waals surface area contributed by atoms with Crippen LogP contribution in [-0.4, -0.2) is 25.7 Å². The number of hydrogen-bond acceptors (Lipinski definition) is 5. The van der Waals surface area contributed by atoms with Gasteiger partial charge in [0.1, 0.15) is 11.1 Å². The molecule has 4 rings (SSSR count). The molecule has 2 heterocycles. The summed E-state index contributed by atoms with van der Waals surface area (Å²) in [6, 6.07) is 18.9. The maximum Gasteiger partial charge on any atom is 0.242 e. The van der Waals surface area contributed by atoms with E-state index in [0.29, 0.717) is 16.7 Å². The number of hydrogen-bond donors (Lipinski definition) is 1. The summed E-state index contributed by atoms with van der Waals surface area (Å²) in [5, 5.41) is 11.4. The lowest BCUT2D eigenvalue weighted by Crippen LogP contribution is -2.19. The van der Waals surface area contributed by atoms with Gasteiger partial charge in [0.2, 0.25) is 5.91 Å². The van der Waals surface area contributed by atoms with Gasteiger partial charge >= 0.3 is 0 Å². The average molecular weight is 419 g/mol. The molecule has 150 valence electrons. The van der Waals surface area contributed by atoms with Crippen LogP contribution < -0.4 is 5.32 Å². The van der Waals surface area contributed by atoms with Crippen molar-refractivity contribution >= 4 is 23.4 Å². The molecule has 8 heteroatoms. The minimum Gasteiger partial charge on any atom is -0.325 e. The van der Waals surface area contributed by atoms with Crippen LogP contribution in [0.15, 0.2) is 84.3 Å². The van der Waals surface area contributed by atoms with E-state index in [1.54, 1.807) is 12.4 Å². The lowest BCUT2D eigenvalue weighted by atomic mass is 10.1. The highest BCUT2D eigenvalue weighted by molar-refractivity contribution is 8.00. The fourth-order valence-electron chi connectivity index (χ4n) is 2.91. The summed E-state index contributed by atoms with van der Waals surface area (Å²) in [6.07, 6.45) is 3.41. The number of carbonyl (C=O) groups excluding carboxylic acids is 1. The maximum absolute atomic E-state index is 13.2. The summed E-state index contributed by atoms with van der Waals surface area (Å²) in [4.78, 5) is 17.2. The maximum atomic E-state index is 13.2. The fourth-order valence-corrected chi connectivity index (χ4v) is 3.91. The van der Waals surface area contributed by atoms with Crippen LogP contribution in [0.3, 0.4) is 0 Å². The Morgan fingerprint density at radius 3 is 2.50 bits per heavy atom. The van der Waals surface area contributed by atoms with E-state index in [1.807, 2.05) is 54.1 Å². The number of thioether (sulfide) groups is 1. The van der Waals surface area contributed by atoms with Crippen LogP contribution >= 0.6 is 11.8 Å². The van der Waals surface area contributed by atoms with Crippen LogP contribution in [0.1, 0.15) is 10.8 Å². The molecule has 1 amide bonds. The van der Waals surface area contributed by atoms with Gasteiger partial charge in [-0.15, -0.1) is 10.2 Å². The van der Waals surface area contributed by atoms with Gasteiger partial charge in [0.05, 0.1) is 0 Å². The molecular weight excluding hydrogens is 401 g/mol. The molecule has 30 heavy (non-hydrogen) atoms. The van der Waals surface area contributed by atoms with Crippen LogP contribution in [-0.2, 0) is 11.8 Å². The van der Waals surface area contributed by atoms with E-state index in [9.17, 15) is 9.18 Å². The highest BCUT2D eigenvalue weighted by atomic mass is 32.2. The zero-order valence-electron chi connectivity index (χ0n) is 16.1. The zero-order chi connectivity index (χ0) is 20.9. The van der Waals surface area contributed by atoms with Crippen LogP contribution in [0.25, 0.3) is 11.4 Å². The molecule has 1 atom stereocenters. The third kappa shape index (κ3) is 4.38. The first-order valence-corrected chi connectivity index (χ1v) is 10.1. The Hall–Kier alpha value is -3.52. The second-order valence-corrected chi connectivity index (χ2v) is 7.58. The number of anilines is 1. The van der Waals surface area contributed by atoms with Crippen LogP contribution in [0.4, 0.5) is 10.1 Å². The molecule has 0 radical (unpaired) electrons. The van der Waals surface area contributed by atoms with Gasteiger partial charge in [-0.25, -0.2) is 4.39 Å². The molecule has 0 fully saturated rings. The summed E-state index contributed by atoms with van der Waals surface area (Å²) in [7, 11) is 1.85. The predicted octanol–water partition coefficient (Wildman–Crippen LogP) is 4.49. The summed E-state index contributed by atoms with van der Waals surface area (Å²) in [5.41, 5.74) is 2.19. The van der Waals surface area contributed by atoms with Gasteiger partial charge < -0.3 is 9.88 Å². The van der Waals surface area contributed by atoms with Gasteiger partial charge in [-0.2, -0.15) is 0 Å². The summed E-state index contributed by atoms with van der Waals surface area (Å²) in [5.74, 6) is 0.0732. The molecule has 2 aromatic carbocycles. The Morgan fingerprint density at radius 1 is 1.03 bits per heavy atom. The largest absolute Gasteiger partial charge is 0.325 e. The molecule has 1 N–H and O–H groups in total. The molecular formula is C22H18FN5OS. The Morgan fingerprint density at radius 2 is 1.80 bits per heavy atom. The number of pyridine rings is 1. The van der Waals surface area contributed by atoms with E-state index in [1.165, 1.54) is 36.0 Å². The van der Waals surface area contributed by atoms with Crippen LogP contribution in [0.5, 0.6) is 0 Å². The van der Waals surface area contributed by atoms with E-state index < -0.39 is 5.25 Å². The van der Waals surface area contributed by atoms with Crippen molar-refractivity contribution in [1.82, 2.24) is 19.7 Å². The average Bonchev–Trinajstić information content (AvgIpc) is 3.15. The topological polar surface area (TPSA) is 72.7 Å². The number of rotatable bonds is 6. The number of nitrogens with one attached hydrogen (secondary N) is 1. The number of amides is 1. The monoisotopic (exact) mass is 419 g/mol. The summed E-state index contributed by atoms with van der Waals surface area (Å²) in [6.45, 7) is 0. The smallest absolute Gasteiger partial charge is 0.242 e. The molecule has 0 aliphatic carbocycles. The molecule has 2 aromatic heterocycles. The van der Waals surface area contributed by atoms with E-state index in [0.717, 1.165) is 11.1 Å². The SMILES string of the molecule is Cn1c(S[C@H](C(=O)Nc2ccc(F)cc2)c2ccccc2)nnc1-c1cccnc1. The number of benzene rings is 2. The summed E-state index contributed by atoms with van der Waals surface area (Å²) >= 11 is 1.30. The first-order valence-electron chi connectivity index (χ1n) is 9.19. The molecule has 0 aliphatic rings. The molecule has 6 nitrogen and oxygen atoms in total. The van der Waals surface area contributed by atoms with Gasteiger partial charge in [-0.1, -0.05) is 42.1 Å². The minimum atomic E-state index is -0.569. The lowest BCUT2D eigenvalue weighted by Gasteiger charge is -2.16. The second kappa shape index (κ2) is 8.87. The third-order valence-corrected chi connectivity index (χ3v) is 5.72. The van der Waals surface area contributed by atoms with Crippen LogP contribution in [0.2, 0.25) is 0 Å². The van der Waals surface area contributed by atoms with Crippen molar-refractivity contribution in [2.45, 2.75) is 10.4 Å². The molecule has 0 bridgehead atoms. The molecule has 4 aromatic rings. The number of carbonyl (C=O) groups is 1. The second-order valence-electron chi connectivity index (χ2n) is 6.51. The molecule has 0 spiro atoms. The Kier molecular flexibility index (Phi) is 5.85. The number of aromatic nitrogens is 4. The standard InChI is InChI=1S/C22H18FN5OS/c1-28-20(16-8-5-13-24-14-16)26-27-22(28)30-19(15-6-3-2-4-7-15)21(29)25-18-11-9-17(23)10-12-18/h2-14,19H,1H3,(H,25,29)/t19-/m0/s1. The Balaban J connectivity index is 1.62. The van der Waals surface area contributed by atoms with Crippen molar-refractivity contribution < 1.29 is 9.18 Å². The van der Waals surface area contributed by atoms with E-state index >= 15 is 0 Å². The molecule has 0 aliphatic heterocycles. The van der Waals surface area contributed by atoms with Crippen molar-refractivity contribution in [3.63, 3.8) is 0 Å². The van der Waals surface area contributed by atoms with Crippen molar-refractivity contribution in [3.8, 4) is 11.4 Å². The Bertz CT molecular complexity index is 1130. The number of nitrogens with zero attached hydrogens (tertiary/aromatic N) is 4. The van der Waals surface area contributed by atoms with Crippen molar-refractivity contribution in [1.29, 1.82) is 0 Å². The molecule has 0 saturated heterocycles. The summed E-state index contributed by atoms with van der Waals surface area (Å²) < 4.78 is 15.0. The predicted molar refractivity (Wildman–Crippen MR) is 114 cm³/mol. The fraction of sp³-hybridized carbons (Fsp3) is 0.0909. The molecule has 0 saturated carbocycles. The lowest BCUT2D eigenvalue weighted by molar-refractivity contribution is -0.115. The first kappa shape index (κ1) is 19.8. The van der Waals surface area contributed by atoms with E-state index in [-0.39, 0.29) is 11.7 Å². The zero-order valence-corrected chi connectivity index (χ0v) is 16.9. The van der Waals surface area contributed by atoms with Gasteiger partial charge in [0.25, 0.3) is 0 Å². The first-order chi connectivity index (χ1) is 14.6. The third-order valence-electron chi connectivity index (χ3n) is 4.43. The normalized spacial score (nSPS) is 11.8. The minimum absolute atomic E-state index is 0.233. The Labute approximate surface area is 177 Å². The van der Waals surface area contributed by atoms with Gasteiger partial charge in [-0.3, -0.25) is 9.78 Å². The van der Waals surface area contributed by atoms with Crippen molar-refractivity contribution in [3.05, 3.63) is 90.5 Å². The quantitative estimate of drug-likeness (QED) is 0.466. The highest BCUT2D eigenvalue weighted by Crippen LogP contribution is 2.36. The van der Waals surface area contributed by atoms with Crippen LogP contribution in [0, 0.1) is 5.82 Å². The highest BCUT2D eigenvalue weighted by Gasteiger charge is 2.25. The molecule has 0 unspecified atom stereocenters. The van der Waals surface area contributed by atoms with Crippen molar-refractivity contribution in [2.75, 3.05) is 5.32 Å². The van der Waals surface area contributed by atoms with E-state index in [2.05, 4.69) is 20.5 Å². The van der Waals surface area contributed by atoms with Gasteiger partial charge in [0.15, 0.2) is 11.0 Å².